The van der Waals surface area contributed by atoms with Crippen molar-refractivity contribution in [3.8, 4) is 23.0 Å². The number of aliphatic hydroxyl groups is 5. The second kappa shape index (κ2) is 17.2. The number of methoxy groups -OCH3 is 2. The number of Topliss-reactive ketones (excluding diaryl/α,β-unsaturated/α-hetero) is 2. The summed E-state index contributed by atoms with van der Waals surface area (Å²) in [6.45, 7) is 8.52. The van der Waals surface area contributed by atoms with Crippen molar-refractivity contribution in [3.05, 3.63) is 128 Å². The molecule has 11 heteroatoms. The van der Waals surface area contributed by atoms with Crippen molar-refractivity contribution in [2.45, 2.75) is 84.3 Å². The highest BCUT2D eigenvalue weighted by molar-refractivity contribution is 6.02. The summed E-state index contributed by atoms with van der Waals surface area (Å²) in [7, 11) is 2.92. The number of rotatable bonds is 12. The second-order valence-corrected chi connectivity index (χ2v) is 14.8. The summed E-state index contributed by atoms with van der Waals surface area (Å²) in [5.74, 6) is 1.25. The van der Waals surface area contributed by atoms with Gasteiger partial charge in [-0.05, 0) is 117 Å². The third-order valence-corrected chi connectivity index (χ3v) is 9.86. The van der Waals surface area contributed by atoms with E-state index in [0.29, 0.717) is 50.6 Å². The quantitative estimate of drug-likeness (QED) is 0.0981. The maximum absolute atomic E-state index is 13.1. The van der Waals surface area contributed by atoms with Gasteiger partial charge in [0.15, 0.2) is 11.6 Å². The fourth-order valence-corrected chi connectivity index (χ4v) is 6.64. The van der Waals surface area contributed by atoms with E-state index in [2.05, 4.69) is 0 Å². The van der Waals surface area contributed by atoms with Crippen LogP contribution in [0.5, 0.6) is 23.0 Å². The first kappa shape index (κ1) is 41.9. The maximum atomic E-state index is 13.1. The molecule has 5 N–H and O–H groups in total. The van der Waals surface area contributed by atoms with E-state index in [-0.39, 0.29) is 43.4 Å². The molecule has 2 heterocycles. The number of hydrogen-bond acceptors (Lipinski definition) is 11. The molecule has 2 aliphatic heterocycles. The van der Waals surface area contributed by atoms with E-state index in [9.17, 15) is 35.1 Å². The van der Waals surface area contributed by atoms with Crippen LogP contribution in [-0.4, -0.2) is 62.5 Å². The Hall–Kier alpha value is -5.30. The molecule has 6 rings (SSSR count). The minimum atomic E-state index is -1.44. The highest BCUT2D eigenvalue weighted by Crippen LogP contribution is 2.36. The van der Waals surface area contributed by atoms with Gasteiger partial charge < -0.3 is 44.5 Å². The van der Waals surface area contributed by atoms with Crippen molar-refractivity contribution < 1.29 is 54.1 Å². The van der Waals surface area contributed by atoms with Gasteiger partial charge in [-0.3, -0.25) is 9.59 Å². The van der Waals surface area contributed by atoms with Gasteiger partial charge in [0, 0.05) is 39.3 Å². The summed E-state index contributed by atoms with van der Waals surface area (Å²) in [4.78, 5) is 25.9. The zero-order chi connectivity index (χ0) is 40.9. The lowest BCUT2D eigenvalue weighted by molar-refractivity contribution is 0.0746. The van der Waals surface area contributed by atoms with Crippen LogP contribution < -0.4 is 18.9 Å². The monoisotopic (exact) mass is 766 g/mol. The summed E-state index contributed by atoms with van der Waals surface area (Å²) < 4.78 is 22.3. The van der Waals surface area contributed by atoms with Crippen LogP contribution in [0.2, 0.25) is 0 Å². The predicted molar refractivity (Wildman–Crippen MR) is 212 cm³/mol. The second-order valence-electron chi connectivity index (χ2n) is 14.8. The normalized spacial score (nSPS) is 15.5. The maximum Gasteiger partial charge on any atom is 0.195 e. The zero-order valence-electron chi connectivity index (χ0n) is 32.8. The Morgan fingerprint density at radius 2 is 1.05 bits per heavy atom. The van der Waals surface area contributed by atoms with Crippen molar-refractivity contribution in [1.29, 1.82) is 0 Å². The average Bonchev–Trinajstić information content (AvgIpc) is 3.20. The molecule has 0 saturated heterocycles. The van der Waals surface area contributed by atoms with Gasteiger partial charge in [0.25, 0.3) is 0 Å². The Morgan fingerprint density at radius 3 is 1.48 bits per heavy atom. The molecule has 0 spiro atoms. The largest absolute Gasteiger partial charge is 0.496 e. The minimum Gasteiger partial charge on any atom is -0.496 e. The van der Waals surface area contributed by atoms with Crippen LogP contribution in [0, 0.1) is 0 Å². The lowest BCUT2D eigenvalue weighted by Gasteiger charge is -2.28. The number of ketones is 2. The molecule has 0 aliphatic carbocycles. The number of hydrogen-bond donors (Lipinski definition) is 5. The number of carbonyl (C=O) groups is 2. The van der Waals surface area contributed by atoms with Gasteiger partial charge in [0.05, 0.1) is 40.6 Å². The van der Waals surface area contributed by atoms with Crippen LogP contribution in [0.4, 0.5) is 0 Å². The smallest absolute Gasteiger partial charge is 0.195 e. The fourth-order valence-electron chi connectivity index (χ4n) is 6.64. The van der Waals surface area contributed by atoms with E-state index in [1.807, 2.05) is 71.1 Å². The van der Waals surface area contributed by atoms with E-state index in [1.165, 1.54) is 26.4 Å². The minimum absolute atomic E-state index is 0.0382. The van der Waals surface area contributed by atoms with Crippen molar-refractivity contribution >= 4 is 23.7 Å². The Bertz CT molecular complexity index is 1960. The van der Waals surface area contributed by atoms with Gasteiger partial charge in [-0.2, -0.15) is 0 Å². The van der Waals surface area contributed by atoms with Gasteiger partial charge in [-0.15, -0.1) is 0 Å². The lowest BCUT2D eigenvalue weighted by atomic mass is 9.89. The van der Waals surface area contributed by atoms with Crippen molar-refractivity contribution in [2.75, 3.05) is 14.2 Å². The Balaban J connectivity index is 0.000000214. The zero-order valence-corrected chi connectivity index (χ0v) is 32.8. The molecule has 56 heavy (non-hydrogen) atoms. The Kier molecular flexibility index (Phi) is 12.9. The molecule has 0 amide bonds. The third-order valence-electron chi connectivity index (χ3n) is 9.86. The third kappa shape index (κ3) is 9.04. The number of aliphatic hydroxyl groups excluding tert-OH is 5. The standard InChI is InChI=1S/C23H26O5.C22H24O6/c1-14(17-10-18(12-24)19(13-25)21(11-17)27-4)22(26)16-5-6-20-15(9-16)7-8-23(2,3)28-20;1-22(2)7-6-13-8-14(4-5-18(13)28-22)20(25)21(26)15-9-16(11-23)17(12-24)19(10-15)27-3/h5-11,14,24-25H,12-13H2,1-4H3;4-10,21,23-24,26H,11-12H2,1-3H3. The topological polar surface area (TPSA) is 172 Å². The first-order valence-electron chi connectivity index (χ1n) is 18.2. The number of carbonyl (C=O) groups excluding carboxylic acids is 2. The first-order chi connectivity index (χ1) is 26.6. The van der Waals surface area contributed by atoms with E-state index in [0.717, 1.165) is 22.4 Å². The van der Waals surface area contributed by atoms with Gasteiger partial charge in [-0.1, -0.05) is 25.1 Å². The molecule has 2 atom stereocenters. The van der Waals surface area contributed by atoms with Crippen LogP contribution in [-0.2, 0) is 26.4 Å². The predicted octanol–water partition coefficient (Wildman–Crippen LogP) is 6.63. The molecular weight excluding hydrogens is 716 g/mol. The number of fused-ring (bicyclic) bond motifs is 2. The summed E-state index contributed by atoms with van der Waals surface area (Å²) in [5, 5.41) is 48.9. The Labute approximate surface area is 327 Å². The van der Waals surface area contributed by atoms with Crippen LogP contribution in [0.25, 0.3) is 12.2 Å². The summed E-state index contributed by atoms with van der Waals surface area (Å²) >= 11 is 0. The lowest BCUT2D eigenvalue weighted by Crippen LogP contribution is -2.27. The van der Waals surface area contributed by atoms with E-state index in [1.54, 1.807) is 36.4 Å². The highest BCUT2D eigenvalue weighted by atomic mass is 16.5. The van der Waals surface area contributed by atoms with Crippen LogP contribution in [0.1, 0.15) is 112 Å². The molecular formula is C45H50O11. The fraction of sp³-hybridized carbons (Fsp3) is 0.333. The number of benzene rings is 4. The van der Waals surface area contributed by atoms with E-state index in [4.69, 9.17) is 18.9 Å². The van der Waals surface area contributed by atoms with Gasteiger partial charge in [0.1, 0.15) is 40.3 Å². The van der Waals surface area contributed by atoms with Crippen molar-refractivity contribution in [2.24, 2.45) is 0 Å². The molecule has 2 aliphatic rings. The van der Waals surface area contributed by atoms with Gasteiger partial charge >= 0.3 is 0 Å². The SMILES string of the molecule is COc1cc(C(C)C(=O)c2ccc3c(c2)C=CC(C)(C)O3)cc(CO)c1CO.COc1cc(C(O)C(=O)c2ccc3c(c2)C=CC(C)(C)O3)cc(CO)c1CO. The average molecular weight is 767 g/mol. The molecule has 4 aromatic carbocycles. The molecule has 0 fully saturated rings. The molecule has 296 valence electrons. The molecule has 0 bridgehead atoms. The molecule has 0 saturated carbocycles. The van der Waals surface area contributed by atoms with Crippen molar-refractivity contribution in [3.63, 3.8) is 0 Å². The first-order valence-corrected chi connectivity index (χ1v) is 18.2. The van der Waals surface area contributed by atoms with Crippen LogP contribution in [0.3, 0.4) is 0 Å². The molecule has 0 radical (unpaired) electrons. The van der Waals surface area contributed by atoms with Crippen molar-refractivity contribution in [1.82, 2.24) is 0 Å². The number of ether oxygens (including phenoxy) is 4. The molecule has 2 unspecified atom stereocenters. The van der Waals surface area contributed by atoms with Gasteiger partial charge in [-0.25, -0.2) is 0 Å². The summed E-state index contributed by atoms with van der Waals surface area (Å²) in [6, 6.07) is 17.0. The van der Waals surface area contributed by atoms with Crippen LogP contribution >= 0.6 is 0 Å². The van der Waals surface area contributed by atoms with E-state index >= 15 is 0 Å². The summed E-state index contributed by atoms with van der Waals surface area (Å²) in [6.07, 6.45) is 6.31. The van der Waals surface area contributed by atoms with Gasteiger partial charge in [0.2, 0.25) is 0 Å². The van der Waals surface area contributed by atoms with E-state index < -0.39 is 23.4 Å². The Morgan fingerprint density at radius 1 is 0.625 bits per heavy atom. The highest BCUT2D eigenvalue weighted by Gasteiger charge is 2.27. The molecule has 0 aromatic heterocycles. The molecule has 4 aromatic rings. The van der Waals surface area contributed by atoms with Crippen LogP contribution in [0.15, 0.2) is 72.8 Å². The summed E-state index contributed by atoms with van der Waals surface area (Å²) in [5.41, 5.74) is 4.73. The molecule has 11 nitrogen and oxygen atoms in total.